The van der Waals surface area contributed by atoms with Gasteiger partial charge < -0.3 is 14.8 Å². The van der Waals surface area contributed by atoms with Crippen molar-refractivity contribution in [1.82, 2.24) is 15.6 Å². The number of ether oxygens (including phenoxy) is 2. The van der Waals surface area contributed by atoms with Crippen molar-refractivity contribution in [2.24, 2.45) is 5.10 Å². The molecule has 0 spiro atoms. The first-order chi connectivity index (χ1) is 15.5. The quantitative estimate of drug-likeness (QED) is 0.297. The molecule has 0 radical (unpaired) electrons. The van der Waals surface area contributed by atoms with Gasteiger partial charge in [0.25, 0.3) is 0 Å². The van der Waals surface area contributed by atoms with E-state index in [-0.39, 0.29) is 24.3 Å². The summed E-state index contributed by atoms with van der Waals surface area (Å²) in [6.45, 7) is 0.170. The van der Waals surface area contributed by atoms with E-state index in [1.807, 2.05) is 12.1 Å². The molecular weight excluding hydrogens is 568 g/mol. The molecule has 0 atom stereocenters. The van der Waals surface area contributed by atoms with Gasteiger partial charge >= 0.3 is 6.03 Å². The van der Waals surface area contributed by atoms with Crippen molar-refractivity contribution >= 4 is 72.2 Å². The molecule has 0 aliphatic carbocycles. The van der Waals surface area contributed by atoms with Gasteiger partial charge in [0.15, 0.2) is 11.5 Å². The third-order valence-electron chi connectivity index (χ3n) is 3.99. The van der Waals surface area contributed by atoms with E-state index >= 15 is 0 Å². The maximum absolute atomic E-state index is 12.1. The molecule has 0 fully saturated rings. The normalized spacial score (nSPS) is 12.1. The van der Waals surface area contributed by atoms with Gasteiger partial charge in [0.1, 0.15) is 5.01 Å². The van der Waals surface area contributed by atoms with E-state index in [0.717, 1.165) is 20.3 Å². The van der Waals surface area contributed by atoms with E-state index in [9.17, 15) is 9.59 Å². The van der Waals surface area contributed by atoms with E-state index in [2.05, 4.69) is 63.2 Å². The van der Waals surface area contributed by atoms with Crippen molar-refractivity contribution in [3.8, 4) is 11.5 Å². The lowest BCUT2D eigenvalue weighted by atomic mass is 10.2. The smallest absolute Gasteiger partial charge is 0.325 e. The van der Waals surface area contributed by atoms with Crippen molar-refractivity contribution in [1.29, 1.82) is 0 Å². The lowest BCUT2D eigenvalue weighted by molar-refractivity contribution is -0.120. The Balaban J connectivity index is 1.27. The number of rotatable bonds is 6. The van der Waals surface area contributed by atoms with Gasteiger partial charge in [-0.3, -0.25) is 10.1 Å². The second kappa shape index (κ2) is 10.1. The predicted molar refractivity (Wildman–Crippen MR) is 126 cm³/mol. The summed E-state index contributed by atoms with van der Waals surface area (Å²) < 4.78 is 12.3. The Labute approximate surface area is 202 Å². The summed E-state index contributed by atoms with van der Waals surface area (Å²) in [6.07, 6.45) is 1.46. The number of hydrazone groups is 1. The minimum atomic E-state index is -0.460. The first-order valence-electron chi connectivity index (χ1n) is 9.03. The summed E-state index contributed by atoms with van der Waals surface area (Å²) in [5.41, 5.74) is 3.78. The molecule has 4 rings (SSSR count). The lowest BCUT2D eigenvalue weighted by Gasteiger charge is -2.04. The molecular formula is C19H14Br2N6O4S. The summed E-state index contributed by atoms with van der Waals surface area (Å²) in [7, 11) is 0. The number of halogens is 2. The van der Waals surface area contributed by atoms with Crippen molar-refractivity contribution in [2.75, 3.05) is 17.4 Å². The van der Waals surface area contributed by atoms with E-state index < -0.39 is 6.03 Å². The van der Waals surface area contributed by atoms with Gasteiger partial charge in [-0.2, -0.15) is 5.10 Å². The number of carbonyl (C=O) groups excluding carboxylic acids is 2. The first-order valence-corrected chi connectivity index (χ1v) is 11.4. The van der Waals surface area contributed by atoms with Gasteiger partial charge in [-0.1, -0.05) is 27.3 Å². The SMILES string of the molecule is O=C(Cc1nnc(NC(=O)Nc2ccc(Br)cc2)s1)N/N=C\c1cc2c(cc1Br)OCO2. The summed E-state index contributed by atoms with van der Waals surface area (Å²) in [6, 6.07) is 10.2. The van der Waals surface area contributed by atoms with Crippen LogP contribution >= 0.6 is 43.2 Å². The van der Waals surface area contributed by atoms with Gasteiger partial charge in [-0.25, -0.2) is 10.2 Å². The molecule has 3 N–H and O–H groups in total. The number of aromatic nitrogens is 2. The Morgan fingerprint density at radius 1 is 1.09 bits per heavy atom. The van der Waals surface area contributed by atoms with Crippen LogP contribution in [0.2, 0.25) is 0 Å². The molecule has 10 nitrogen and oxygen atoms in total. The predicted octanol–water partition coefficient (Wildman–Crippen LogP) is 4.13. The van der Waals surface area contributed by atoms with Gasteiger partial charge in [-0.15, -0.1) is 10.2 Å². The molecule has 0 saturated heterocycles. The van der Waals surface area contributed by atoms with Gasteiger partial charge in [0, 0.05) is 20.2 Å². The molecule has 0 unspecified atom stereocenters. The Morgan fingerprint density at radius 2 is 1.84 bits per heavy atom. The topological polar surface area (TPSA) is 127 Å². The monoisotopic (exact) mass is 580 g/mol. The van der Waals surface area contributed by atoms with Crippen LogP contribution in [-0.2, 0) is 11.2 Å². The van der Waals surface area contributed by atoms with Gasteiger partial charge in [-0.05, 0) is 52.3 Å². The number of benzene rings is 2. The van der Waals surface area contributed by atoms with Crippen LogP contribution in [0.25, 0.3) is 0 Å². The average Bonchev–Trinajstić information content (AvgIpc) is 3.38. The van der Waals surface area contributed by atoms with Crippen LogP contribution < -0.4 is 25.5 Å². The highest BCUT2D eigenvalue weighted by atomic mass is 79.9. The maximum atomic E-state index is 12.1. The minimum absolute atomic E-state index is 0.0344. The molecule has 0 bridgehead atoms. The van der Waals surface area contributed by atoms with Crippen LogP contribution in [-0.4, -0.2) is 35.1 Å². The summed E-state index contributed by atoms with van der Waals surface area (Å²) in [4.78, 5) is 24.2. The number of anilines is 2. The molecule has 2 heterocycles. The van der Waals surface area contributed by atoms with E-state index in [0.29, 0.717) is 27.8 Å². The molecule has 2 aromatic carbocycles. The molecule has 13 heteroatoms. The first kappa shape index (κ1) is 22.2. The third-order valence-corrected chi connectivity index (χ3v) is 6.04. The average molecular weight is 582 g/mol. The third kappa shape index (κ3) is 5.81. The molecule has 1 aromatic heterocycles. The van der Waals surface area contributed by atoms with Crippen LogP contribution in [0.15, 0.2) is 50.4 Å². The van der Waals surface area contributed by atoms with E-state index in [1.165, 1.54) is 6.21 Å². The molecule has 1 aliphatic rings. The van der Waals surface area contributed by atoms with Crippen LogP contribution in [0.1, 0.15) is 10.6 Å². The Hall–Kier alpha value is -3.03. The highest BCUT2D eigenvalue weighted by Crippen LogP contribution is 2.36. The van der Waals surface area contributed by atoms with Crippen LogP contribution in [0.5, 0.6) is 11.5 Å². The lowest BCUT2D eigenvalue weighted by Crippen LogP contribution is -2.19. The number of hydrogen-bond donors (Lipinski definition) is 3. The zero-order valence-electron chi connectivity index (χ0n) is 16.1. The second-order valence-corrected chi connectivity index (χ2v) is 9.12. The zero-order valence-corrected chi connectivity index (χ0v) is 20.1. The van der Waals surface area contributed by atoms with Crippen molar-refractivity contribution in [3.05, 3.63) is 55.9 Å². The Kier molecular flexibility index (Phi) is 6.97. The standard InChI is InChI=1S/C19H14Br2N6O4S/c20-11-1-3-12(4-2-11)23-18(29)24-19-27-26-17(32-19)7-16(28)25-22-8-10-5-14-15(6-13(10)21)31-9-30-14/h1-6,8H,7,9H2,(H,25,28)(H2,23,24,27,29)/b22-8-. The van der Waals surface area contributed by atoms with Crippen LogP contribution in [0, 0.1) is 0 Å². The van der Waals surface area contributed by atoms with E-state index in [1.54, 1.807) is 24.3 Å². The number of nitrogens with zero attached hydrogens (tertiary/aromatic N) is 3. The van der Waals surface area contributed by atoms with Crippen molar-refractivity contribution in [2.45, 2.75) is 6.42 Å². The van der Waals surface area contributed by atoms with Crippen molar-refractivity contribution < 1.29 is 19.1 Å². The van der Waals surface area contributed by atoms with Gasteiger partial charge in [0.2, 0.25) is 17.8 Å². The number of fused-ring (bicyclic) bond motifs is 1. The highest BCUT2D eigenvalue weighted by Gasteiger charge is 2.16. The van der Waals surface area contributed by atoms with Crippen molar-refractivity contribution in [3.63, 3.8) is 0 Å². The number of hydrogen-bond acceptors (Lipinski definition) is 8. The fraction of sp³-hybridized carbons (Fsp3) is 0.105. The molecule has 3 amide bonds. The summed E-state index contributed by atoms with van der Waals surface area (Å²) in [5.74, 6) is 0.878. The van der Waals surface area contributed by atoms with Crippen LogP contribution in [0.4, 0.5) is 15.6 Å². The highest BCUT2D eigenvalue weighted by molar-refractivity contribution is 9.10. The molecule has 0 saturated carbocycles. The fourth-order valence-corrected chi connectivity index (χ4v) is 3.97. The number of nitrogens with one attached hydrogen (secondary N) is 3. The molecule has 164 valence electrons. The molecule has 1 aliphatic heterocycles. The summed E-state index contributed by atoms with van der Waals surface area (Å²) >= 11 is 7.85. The molecule has 3 aromatic rings. The second-order valence-electron chi connectivity index (χ2n) is 6.28. The maximum Gasteiger partial charge on any atom is 0.325 e. The number of carbonyl (C=O) groups is 2. The van der Waals surface area contributed by atoms with E-state index in [4.69, 9.17) is 9.47 Å². The Bertz CT molecular complexity index is 1190. The fourth-order valence-electron chi connectivity index (χ4n) is 2.55. The largest absolute Gasteiger partial charge is 0.454 e. The zero-order chi connectivity index (χ0) is 22.5. The minimum Gasteiger partial charge on any atom is -0.454 e. The Morgan fingerprint density at radius 3 is 2.62 bits per heavy atom. The van der Waals surface area contributed by atoms with Crippen LogP contribution in [0.3, 0.4) is 0 Å². The number of urea groups is 1. The summed E-state index contributed by atoms with van der Waals surface area (Å²) in [5, 5.41) is 17.7. The molecule has 32 heavy (non-hydrogen) atoms. The van der Waals surface area contributed by atoms with Gasteiger partial charge in [0.05, 0.1) is 12.6 Å². The number of amides is 3.